The summed E-state index contributed by atoms with van der Waals surface area (Å²) in [5.74, 6) is 1.72. The molecule has 0 saturated heterocycles. The van der Waals surface area contributed by atoms with Gasteiger partial charge >= 0.3 is 0 Å². The minimum atomic E-state index is 0.553. The van der Waals surface area contributed by atoms with Crippen molar-refractivity contribution in [3.05, 3.63) is 188 Å². The van der Waals surface area contributed by atoms with Crippen LogP contribution >= 0.6 is 0 Å². The number of hydrogen-bond donors (Lipinski definition) is 0. The van der Waals surface area contributed by atoms with Gasteiger partial charge in [0, 0.05) is 38.1 Å². The van der Waals surface area contributed by atoms with Gasteiger partial charge in [-0.1, -0.05) is 146 Å². The molecule has 12 rings (SSSR count). The molecule has 4 aromatic heterocycles. The van der Waals surface area contributed by atoms with Crippen molar-refractivity contribution < 1.29 is 4.42 Å². The number of aromatic nitrogens is 5. The fraction of sp³-hybridized carbons (Fsp3) is 0. The summed E-state index contributed by atoms with van der Waals surface area (Å²) < 4.78 is 11.3. The van der Waals surface area contributed by atoms with Gasteiger partial charge in [0.2, 0.25) is 5.95 Å². The highest BCUT2D eigenvalue weighted by atomic mass is 16.3. The third-order valence-corrected chi connectivity index (χ3v) is 11.2. The molecule has 0 spiro atoms. The fourth-order valence-corrected chi connectivity index (χ4v) is 8.70. The SMILES string of the molecule is c1ccc(-c2ccc3c4ccccc4n(-c4cccc5oc6cccc(-c7nc(-c8ccccc8)nc(-n8c9ccccc9c9ccccc98)n7)c6c45)c3c2)cc1. The third-order valence-electron chi connectivity index (χ3n) is 11.2. The maximum atomic E-state index is 6.71. The van der Waals surface area contributed by atoms with Crippen molar-refractivity contribution in [1.29, 1.82) is 0 Å². The molecular formula is C51H31N5O. The Balaban J connectivity index is 1.16. The quantitative estimate of drug-likeness (QED) is 0.177. The second-order valence-electron chi connectivity index (χ2n) is 14.4. The number of nitrogens with zero attached hydrogens (tertiary/aromatic N) is 5. The van der Waals surface area contributed by atoms with Crippen molar-refractivity contribution in [3.8, 4) is 45.5 Å². The number of rotatable bonds is 5. The summed E-state index contributed by atoms with van der Waals surface area (Å²) in [6.07, 6.45) is 0. The van der Waals surface area contributed by atoms with E-state index in [0.29, 0.717) is 17.6 Å². The molecular weight excluding hydrogens is 699 g/mol. The molecule has 0 aliphatic heterocycles. The van der Waals surface area contributed by atoms with Crippen LogP contribution in [-0.2, 0) is 0 Å². The first-order valence-electron chi connectivity index (χ1n) is 19.1. The maximum Gasteiger partial charge on any atom is 0.238 e. The Morgan fingerprint density at radius 1 is 0.351 bits per heavy atom. The van der Waals surface area contributed by atoms with Crippen molar-refractivity contribution in [2.75, 3.05) is 0 Å². The molecule has 0 aliphatic rings. The van der Waals surface area contributed by atoms with E-state index in [1.165, 1.54) is 16.3 Å². The van der Waals surface area contributed by atoms with Gasteiger partial charge in [-0.15, -0.1) is 0 Å². The summed E-state index contributed by atoms with van der Waals surface area (Å²) in [4.78, 5) is 15.7. The first kappa shape index (κ1) is 31.5. The van der Waals surface area contributed by atoms with Crippen LogP contribution in [0.5, 0.6) is 0 Å². The molecule has 0 bridgehead atoms. The van der Waals surface area contributed by atoms with E-state index in [9.17, 15) is 0 Å². The Bertz CT molecular complexity index is 3470. The molecule has 0 atom stereocenters. The Morgan fingerprint density at radius 3 is 1.58 bits per heavy atom. The zero-order chi connectivity index (χ0) is 37.5. The van der Waals surface area contributed by atoms with Crippen molar-refractivity contribution in [1.82, 2.24) is 24.1 Å². The predicted octanol–water partition coefficient (Wildman–Crippen LogP) is 13.0. The monoisotopic (exact) mass is 729 g/mol. The zero-order valence-corrected chi connectivity index (χ0v) is 30.5. The van der Waals surface area contributed by atoms with Crippen molar-refractivity contribution in [2.24, 2.45) is 0 Å². The molecule has 4 heterocycles. The van der Waals surface area contributed by atoms with Gasteiger partial charge in [0.15, 0.2) is 11.6 Å². The molecule has 0 fully saturated rings. The Morgan fingerprint density at radius 2 is 0.895 bits per heavy atom. The van der Waals surface area contributed by atoms with Crippen LogP contribution in [0, 0.1) is 0 Å². The fourth-order valence-electron chi connectivity index (χ4n) is 8.70. The minimum Gasteiger partial charge on any atom is -0.456 e. The van der Waals surface area contributed by atoms with Crippen molar-refractivity contribution >= 4 is 65.6 Å². The van der Waals surface area contributed by atoms with Gasteiger partial charge in [-0.3, -0.25) is 4.57 Å². The molecule has 0 radical (unpaired) electrons. The van der Waals surface area contributed by atoms with Crippen molar-refractivity contribution in [2.45, 2.75) is 0 Å². The van der Waals surface area contributed by atoms with E-state index < -0.39 is 0 Å². The lowest BCUT2D eigenvalue weighted by molar-refractivity contribution is 0.669. The number of fused-ring (bicyclic) bond motifs is 9. The van der Waals surface area contributed by atoms with Gasteiger partial charge in [-0.25, -0.2) is 4.98 Å². The summed E-state index contributed by atoms with van der Waals surface area (Å²) in [5, 5.41) is 6.62. The zero-order valence-electron chi connectivity index (χ0n) is 30.5. The molecule has 0 aliphatic carbocycles. The van der Waals surface area contributed by atoms with Crippen LogP contribution in [0.25, 0.3) is 111 Å². The number of furan rings is 1. The Hall–Kier alpha value is -7.83. The molecule has 12 aromatic rings. The summed E-state index contributed by atoms with van der Waals surface area (Å²) in [7, 11) is 0. The lowest BCUT2D eigenvalue weighted by atomic mass is 10.0. The number of benzene rings is 8. The Kier molecular flexibility index (Phi) is 6.83. The first-order valence-corrected chi connectivity index (χ1v) is 19.1. The summed E-state index contributed by atoms with van der Waals surface area (Å²) in [6, 6.07) is 65.5. The van der Waals surface area contributed by atoms with E-state index >= 15 is 0 Å². The second kappa shape index (κ2) is 12.3. The highest BCUT2D eigenvalue weighted by Crippen LogP contribution is 2.43. The highest BCUT2D eigenvalue weighted by molar-refractivity contribution is 6.18. The molecule has 0 amide bonds. The average Bonchev–Trinajstić information content (AvgIpc) is 3.94. The van der Waals surface area contributed by atoms with Gasteiger partial charge in [-0.05, 0) is 53.6 Å². The number of hydrogen-bond acceptors (Lipinski definition) is 4. The topological polar surface area (TPSA) is 61.7 Å². The molecule has 6 heteroatoms. The summed E-state index contributed by atoms with van der Waals surface area (Å²) in [5.41, 5.74) is 11.0. The standard InChI is InChI=1S/C51H31N5O/c1-3-15-32(16-4-1)34-29-30-38-37-21-7-10-23-40(37)55(44(38)31-34)43-26-14-28-46-48(43)47-39(22-13-27-45(47)57-46)50-52-49(33-17-5-2-6-18-33)53-51(54-50)56-41-24-11-8-19-35(41)36-20-9-12-25-42(36)56/h1-31H. The van der Waals surface area contributed by atoms with Crippen LogP contribution in [0.1, 0.15) is 0 Å². The van der Waals surface area contributed by atoms with E-state index in [0.717, 1.165) is 77.2 Å². The van der Waals surface area contributed by atoms with Crippen LogP contribution in [0.4, 0.5) is 0 Å². The van der Waals surface area contributed by atoms with Gasteiger partial charge in [0.05, 0.1) is 33.1 Å². The third kappa shape index (κ3) is 4.81. The summed E-state index contributed by atoms with van der Waals surface area (Å²) in [6.45, 7) is 0. The molecule has 57 heavy (non-hydrogen) atoms. The minimum absolute atomic E-state index is 0.553. The van der Waals surface area contributed by atoms with Crippen LogP contribution in [-0.4, -0.2) is 24.1 Å². The molecule has 6 nitrogen and oxygen atoms in total. The van der Waals surface area contributed by atoms with Gasteiger partial charge in [-0.2, -0.15) is 9.97 Å². The maximum absolute atomic E-state index is 6.71. The molecule has 0 N–H and O–H groups in total. The largest absolute Gasteiger partial charge is 0.456 e. The lowest BCUT2D eigenvalue weighted by Crippen LogP contribution is -2.06. The average molecular weight is 730 g/mol. The smallest absolute Gasteiger partial charge is 0.238 e. The molecule has 0 saturated carbocycles. The Labute approximate surface area is 326 Å². The number of para-hydroxylation sites is 3. The predicted molar refractivity (Wildman–Crippen MR) is 232 cm³/mol. The lowest BCUT2D eigenvalue weighted by Gasteiger charge is -2.13. The normalized spacial score (nSPS) is 11.9. The summed E-state index contributed by atoms with van der Waals surface area (Å²) >= 11 is 0. The van der Waals surface area contributed by atoms with Gasteiger partial charge in [0.1, 0.15) is 11.2 Å². The van der Waals surface area contributed by atoms with E-state index in [-0.39, 0.29) is 0 Å². The molecule has 266 valence electrons. The van der Waals surface area contributed by atoms with Crippen LogP contribution < -0.4 is 0 Å². The van der Waals surface area contributed by atoms with Crippen molar-refractivity contribution in [3.63, 3.8) is 0 Å². The van der Waals surface area contributed by atoms with Crippen LogP contribution in [0.15, 0.2) is 192 Å². The van der Waals surface area contributed by atoms with E-state index in [2.05, 4.69) is 155 Å². The first-order chi connectivity index (χ1) is 28.3. The molecule has 0 unspecified atom stereocenters. The van der Waals surface area contributed by atoms with Gasteiger partial charge in [0.25, 0.3) is 0 Å². The van der Waals surface area contributed by atoms with Crippen LogP contribution in [0.2, 0.25) is 0 Å². The van der Waals surface area contributed by atoms with Crippen LogP contribution in [0.3, 0.4) is 0 Å². The van der Waals surface area contributed by atoms with E-state index in [1.54, 1.807) is 0 Å². The van der Waals surface area contributed by atoms with E-state index in [1.807, 2.05) is 42.5 Å². The van der Waals surface area contributed by atoms with E-state index in [4.69, 9.17) is 19.4 Å². The second-order valence-corrected chi connectivity index (χ2v) is 14.4. The molecule has 8 aromatic carbocycles. The van der Waals surface area contributed by atoms with Gasteiger partial charge < -0.3 is 8.98 Å². The highest BCUT2D eigenvalue weighted by Gasteiger charge is 2.23.